The third-order valence-corrected chi connectivity index (χ3v) is 2.61. The molecule has 1 atom stereocenters. The molecule has 0 heterocycles. The molecule has 2 N–H and O–H groups in total. The van der Waals surface area contributed by atoms with Gasteiger partial charge in [-0.05, 0) is 45.7 Å². The fourth-order valence-corrected chi connectivity index (χ4v) is 1.52. The summed E-state index contributed by atoms with van der Waals surface area (Å²) in [5.41, 5.74) is 6.44. The van der Waals surface area contributed by atoms with Crippen molar-refractivity contribution in [1.29, 1.82) is 0 Å². The van der Waals surface area contributed by atoms with Crippen LogP contribution in [0.1, 0.15) is 47.5 Å². The highest BCUT2D eigenvalue weighted by Gasteiger charge is 2.16. The summed E-state index contributed by atoms with van der Waals surface area (Å²) in [7, 11) is 2.16. The molecule has 0 aromatic heterocycles. The lowest BCUT2D eigenvalue weighted by molar-refractivity contribution is 0.247. The van der Waals surface area contributed by atoms with Crippen molar-refractivity contribution >= 4 is 0 Å². The van der Waals surface area contributed by atoms with Crippen LogP contribution in [-0.2, 0) is 0 Å². The van der Waals surface area contributed by atoms with E-state index in [1.54, 1.807) is 0 Å². The summed E-state index contributed by atoms with van der Waals surface area (Å²) in [6, 6.07) is 0.966. The first kappa shape index (κ1) is 13.9. The summed E-state index contributed by atoms with van der Waals surface area (Å²) >= 11 is 0. The molecule has 2 nitrogen and oxygen atoms in total. The average Bonchev–Trinajstić information content (AvgIpc) is 1.96. The van der Waals surface area contributed by atoms with Crippen LogP contribution in [0.25, 0.3) is 0 Å². The van der Waals surface area contributed by atoms with Crippen LogP contribution < -0.4 is 5.73 Å². The van der Waals surface area contributed by atoms with Crippen molar-refractivity contribution in [1.82, 2.24) is 4.90 Å². The minimum Gasteiger partial charge on any atom is -0.328 e. The minimum absolute atomic E-state index is 0.344. The number of rotatable bonds is 5. The van der Waals surface area contributed by atoms with Crippen LogP contribution in [-0.4, -0.2) is 30.6 Å². The predicted octanol–water partition coefficient (Wildman–Crippen LogP) is 2.48. The highest BCUT2D eigenvalue weighted by atomic mass is 15.1. The first-order valence-electron chi connectivity index (χ1n) is 5.68. The lowest BCUT2D eigenvalue weighted by Crippen LogP contribution is -2.34. The van der Waals surface area contributed by atoms with Crippen LogP contribution in [0, 0.1) is 5.41 Å². The first-order chi connectivity index (χ1) is 6.22. The average molecular weight is 200 g/mol. The van der Waals surface area contributed by atoms with Gasteiger partial charge in [-0.3, -0.25) is 0 Å². The van der Waals surface area contributed by atoms with E-state index >= 15 is 0 Å². The second-order valence-corrected chi connectivity index (χ2v) is 5.89. The molecule has 0 aliphatic carbocycles. The molecule has 0 bridgehead atoms. The van der Waals surface area contributed by atoms with Gasteiger partial charge < -0.3 is 10.6 Å². The van der Waals surface area contributed by atoms with E-state index in [9.17, 15) is 0 Å². The van der Waals surface area contributed by atoms with Crippen LogP contribution in [0.5, 0.6) is 0 Å². The first-order valence-corrected chi connectivity index (χ1v) is 5.68. The van der Waals surface area contributed by atoms with Gasteiger partial charge in [0.1, 0.15) is 0 Å². The Hall–Kier alpha value is -0.0800. The summed E-state index contributed by atoms with van der Waals surface area (Å²) in [6.07, 6.45) is 2.21. The zero-order chi connectivity index (χ0) is 11.4. The summed E-state index contributed by atoms with van der Waals surface area (Å²) in [5, 5.41) is 0. The SMILES string of the molecule is CC(C)N(C)CCC(N)CC(C)(C)C. The maximum Gasteiger partial charge on any atom is 0.00559 e. The maximum absolute atomic E-state index is 6.08. The fourth-order valence-electron chi connectivity index (χ4n) is 1.52. The topological polar surface area (TPSA) is 29.3 Å². The van der Waals surface area contributed by atoms with Gasteiger partial charge in [0.05, 0.1) is 0 Å². The molecule has 0 saturated heterocycles. The fraction of sp³-hybridized carbons (Fsp3) is 1.00. The van der Waals surface area contributed by atoms with E-state index in [-0.39, 0.29) is 0 Å². The largest absolute Gasteiger partial charge is 0.328 e. The van der Waals surface area contributed by atoms with E-state index in [2.05, 4.69) is 46.6 Å². The van der Waals surface area contributed by atoms with Crippen molar-refractivity contribution in [2.45, 2.75) is 59.5 Å². The van der Waals surface area contributed by atoms with Gasteiger partial charge in [-0.2, -0.15) is 0 Å². The standard InChI is InChI=1S/C12H28N2/c1-10(2)14(6)8-7-11(13)9-12(3,4)5/h10-11H,7-9,13H2,1-6H3. The van der Waals surface area contributed by atoms with Gasteiger partial charge in [-0.25, -0.2) is 0 Å². The van der Waals surface area contributed by atoms with E-state index in [1.807, 2.05) is 0 Å². The van der Waals surface area contributed by atoms with Crippen LogP contribution >= 0.6 is 0 Å². The molecule has 0 saturated carbocycles. The van der Waals surface area contributed by atoms with Gasteiger partial charge >= 0.3 is 0 Å². The second-order valence-electron chi connectivity index (χ2n) is 5.89. The third-order valence-electron chi connectivity index (χ3n) is 2.61. The Balaban J connectivity index is 3.69. The quantitative estimate of drug-likeness (QED) is 0.739. The van der Waals surface area contributed by atoms with E-state index in [4.69, 9.17) is 5.73 Å². The third kappa shape index (κ3) is 7.34. The highest BCUT2D eigenvalue weighted by Crippen LogP contribution is 2.21. The van der Waals surface area contributed by atoms with Crippen LogP contribution in [0.15, 0.2) is 0 Å². The van der Waals surface area contributed by atoms with Crippen LogP contribution in [0.2, 0.25) is 0 Å². The Morgan fingerprint density at radius 1 is 1.21 bits per heavy atom. The zero-order valence-electron chi connectivity index (χ0n) is 10.8. The molecule has 0 spiro atoms. The van der Waals surface area contributed by atoms with Crippen LogP contribution in [0.4, 0.5) is 0 Å². The van der Waals surface area contributed by atoms with Crippen molar-refractivity contribution in [3.63, 3.8) is 0 Å². The predicted molar refractivity (Wildman–Crippen MR) is 64.4 cm³/mol. The monoisotopic (exact) mass is 200 g/mol. The van der Waals surface area contributed by atoms with Crippen molar-refractivity contribution in [3.8, 4) is 0 Å². The molecule has 0 aliphatic heterocycles. The molecule has 0 aromatic carbocycles. The Kier molecular flexibility index (Phi) is 5.68. The molecule has 0 fully saturated rings. The van der Waals surface area contributed by atoms with Gasteiger partial charge in [-0.15, -0.1) is 0 Å². The second kappa shape index (κ2) is 5.72. The van der Waals surface area contributed by atoms with Crippen molar-refractivity contribution in [2.75, 3.05) is 13.6 Å². The molecule has 0 aromatic rings. The summed E-state index contributed by atoms with van der Waals surface area (Å²) in [4.78, 5) is 2.35. The lowest BCUT2D eigenvalue weighted by Gasteiger charge is -2.26. The molecule has 0 radical (unpaired) electrons. The number of hydrogen-bond acceptors (Lipinski definition) is 2. The van der Waals surface area contributed by atoms with Crippen molar-refractivity contribution in [2.24, 2.45) is 11.1 Å². The number of hydrogen-bond donors (Lipinski definition) is 1. The Labute approximate surface area is 89.9 Å². The molecular weight excluding hydrogens is 172 g/mol. The smallest absolute Gasteiger partial charge is 0.00559 e. The Morgan fingerprint density at radius 3 is 2.07 bits per heavy atom. The summed E-state index contributed by atoms with van der Waals surface area (Å²) in [5.74, 6) is 0. The zero-order valence-corrected chi connectivity index (χ0v) is 10.8. The molecule has 14 heavy (non-hydrogen) atoms. The van der Waals surface area contributed by atoms with Gasteiger partial charge in [0.15, 0.2) is 0 Å². The highest BCUT2D eigenvalue weighted by molar-refractivity contribution is 4.72. The van der Waals surface area contributed by atoms with Gasteiger partial charge in [0, 0.05) is 12.1 Å². The maximum atomic E-state index is 6.08. The molecule has 0 rings (SSSR count). The molecule has 0 aliphatic rings. The molecule has 86 valence electrons. The molecule has 2 heteroatoms. The van der Waals surface area contributed by atoms with Crippen molar-refractivity contribution in [3.05, 3.63) is 0 Å². The van der Waals surface area contributed by atoms with E-state index in [0.29, 0.717) is 17.5 Å². The Morgan fingerprint density at radius 2 is 1.71 bits per heavy atom. The lowest BCUT2D eigenvalue weighted by atomic mass is 9.87. The summed E-state index contributed by atoms with van der Waals surface area (Å²) in [6.45, 7) is 12.3. The van der Waals surface area contributed by atoms with Crippen molar-refractivity contribution < 1.29 is 0 Å². The number of nitrogens with two attached hydrogens (primary N) is 1. The van der Waals surface area contributed by atoms with Gasteiger partial charge in [0.25, 0.3) is 0 Å². The summed E-state index contributed by atoms with van der Waals surface area (Å²) < 4.78 is 0. The Bertz CT molecular complexity index is 147. The van der Waals surface area contributed by atoms with E-state index < -0.39 is 0 Å². The number of nitrogens with zero attached hydrogens (tertiary/aromatic N) is 1. The van der Waals surface area contributed by atoms with Crippen LogP contribution in [0.3, 0.4) is 0 Å². The van der Waals surface area contributed by atoms with E-state index in [0.717, 1.165) is 19.4 Å². The molecular formula is C12H28N2. The molecule has 1 unspecified atom stereocenters. The minimum atomic E-state index is 0.344. The van der Waals surface area contributed by atoms with E-state index in [1.165, 1.54) is 0 Å². The molecule has 0 amide bonds. The van der Waals surface area contributed by atoms with Gasteiger partial charge in [0.2, 0.25) is 0 Å². The normalized spacial score (nSPS) is 15.2. The van der Waals surface area contributed by atoms with Gasteiger partial charge in [-0.1, -0.05) is 20.8 Å².